The Hall–Kier alpha value is -2.02. The minimum Gasteiger partial charge on any atom is -0.347 e. The Morgan fingerprint density at radius 2 is 1.53 bits per heavy atom. The predicted octanol–water partition coefficient (Wildman–Crippen LogP) is 3.88. The summed E-state index contributed by atoms with van der Waals surface area (Å²) in [6.07, 6.45) is 3.26. The number of para-hydroxylation sites is 1. The van der Waals surface area contributed by atoms with Crippen LogP contribution in [0.1, 0.15) is 5.56 Å². The monoisotopic (exact) mass is 221 g/mol. The van der Waals surface area contributed by atoms with E-state index in [0.29, 0.717) is 0 Å². The molecule has 84 valence electrons. The first kappa shape index (κ1) is 10.2. The fraction of sp³-hybridized carbons (Fsp3) is 0.125. The van der Waals surface area contributed by atoms with Crippen LogP contribution in [0.15, 0.2) is 66.9 Å². The van der Waals surface area contributed by atoms with Gasteiger partial charge in [-0.1, -0.05) is 48.5 Å². The van der Waals surface area contributed by atoms with Gasteiger partial charge in [-0.15, -0.1) is 0 Å². The van der Waals surface area contributed by atoms with Gasteiger partial charge in [0.2, 0.25) is 0 Å². The van der Waals surface area contributed by atoms with Gasteiger partial charge in [0.15, 0.2) is 0 Å². The van der Waals surface area contributed by atoms with E-state index in [1.165, 1.54) is 16.5 Å². The van der Waals surface area contributed by atoms with Crippen molar-refractivity contribution >= 4 is 10.9 Å². The van der Waals surface area contributed by atoms with Crippen molar-refractivity contribution in [3.63, 3.8) is 0 Å². The summed E-state index contributed by atoms with van der Waals surface area (Å²) in [5, 5.41) is 1.32. The zero-order valence-electron chi connectivity index (χ0n) is 9.71. The molecule has 0 aliphatic rings. The molecule has 0 saturated carbocycles. The number of hydrogen-bond acceptors (Lipinski definition) is 0. The molecule has 0 spiro atoms. The quantitative estimate of drug-likeness (QED) is 0.632. The molecule has 0 fully saturated rings. The molecule has 0 aliphatic carbocycles. The predicted molar refractivity (Wildman–Crippen MR) is 72.1 cm³/mol. The average Bonchev–Trinajstić information content (AvgIpc) is 2.81. The molecular formula is C16H15N. The molecule has 0 aliphatic heterocycles. The third-order valence-corrected chi connectivity index (χ3v) is 3.16. The number of aromatic nitrogens is 1. The maximum Gasteiger partial charge on any atom is 0.0480 e. The second kappa shape index (κ2) is 4.46. The van der Waals surface area contributed by atoms with Gasteiger partial charge in [-0.3, -0.25) is 0 Å². The Morgan fingerprint density at radius 1 is 0.765 bits per heavy atom. The lowest BCUT2D eigenvalue weighted by Crippen LogP contribution is -1.99. The van der Waals surface area contributed by atoms with E-state index in [1.807, 2.05) is 0 Å². The summed E-state index contributed by atoms with van der Waals surface area (Å²) < 4.78 is 2.32. The van der Waals surface area contributed by atoms with E-state index in [9.17, 15) is 0 Å². The Balaban J connectivity index is 1.82. The summed E-state index contributed by atoms with van der Waals surface area (Å²) in [6.45, 7) is 1.04. The maximum atomic E-state index is 2.32. The van der Waals surface area contributed by atoms with Gasteiger partial charge in [-0.2, -0.15) is 0 Å². The summed E-state index contributed by atoms with van der Waals surface area (Å²) >= 11 is 0. The number of benzene rings is 2. The average molecular weight is 221 g/mol. The summed E-state index contributed by atoms with van der Waals surface area (Å²) in [7, 11) is 0. The SMILES string of the molecule is c1ccc(CCn2ccc3ccccc32)cc1. The molecule has 17 heavy (non-hydrogen) atoms. The lowest BCUT2D eigenvalue weighted by molar-refractivity contribution is 0.723. The van der Waals surface area contributed by atoms with E-state index >= 15 is 0 Å². The number of nitrogens with zero attached hydrogens (tertiary/aromatic N) is 1. The zero-order chi connectivity index (χ0) is 11.5. The normalized spacial score (nSPS) is 10.8. The van der Waals surface area contributed by atoms with Crippen LogP contribution in [0.2, 0.25) is 0 Å². The van der Waals surface area contributed by atoms with Crippen LogP contribution in [0.5, 0.6) is 0 Å². The van der Waals surface area contributed by atoms with Gasteiger partial charge in [0.05, 0.1) is 0 Å². The third-order valence-electron chi connectivity index (χ3n) is 3.16. The topological polar surface area (TPSA) is 4.93 Å². The van der Waals surface area contributed by atoms with E-state index in [2.05, 4.69) is 71.4 Å². The number of hydrogen-bond donors (Lipinski definition) is 0. The van der Waals surface area contributed by atoms with Crippen LogP contribution in [0, 0.1) is 0 Å². The van der Waals surface area contributed by atoms with Crippen LogP contribution in [0.25, 0.3) is 10.9 Å². The minimum absolute atomic E-state index is 1.04. The highest BCUT2D eigenvalue weighted by atomic mass is 14.9. The molecule has 1 nitrogen and oxygen atoms in total. The first-order valence-electron chi connectivity index (χ1n) is 6.01. The summed E-state index contributed by atoms with van der Waals surface area (Å²) in [5.74, 6) is 0. The van der Waals surface area contributed by atoms with Gasteiger partial charge < -0.3 is 4.57 Å². The Morgan fingerprint density at radius 3 is 2.41 bits per heavy atom. The third kappa shape index (κ3) is 2.09. The van der Waals surface area contributed by atoms with Crippen molar-refractivity contribution in [2.45, 2.75) is 13.0 Å². The molecule has 3 rings (SSSR count). The van der Waals surface area contributed by atoms with Gasteiger partial charge in [0.25, 0.3) is 0 Å². The first-order chi connectivity index (χ1) is 8.43. The Labute approximate surface area is 101 Å². The smallest absolute Gasteiger partial charge is 0.0480 e. The van der Waals surface area contributed by atoms with E-state index < -0.39 is 0 Å². The molecule has 0 saturated heterocycles. The van der Waals surface area contributed by atoms with Crippen LogP contribution >= 0.6 is 0 Å². The summed E-state index contributed by atoms with van der Waals surface area (Å²) in [4.78, 5) is 0. The van der Waals surface area contributed by atoms with Crippen LogP contribution in [-0.4, -0.2) is 4.57 Å². The van der Waals surface area contributed by atoms with Gasteiger partial charge >= 0.3 is 0 Å². The number of fused-ring (bicyclic) bond motifs is 1. The van der Waals surface area contributed by atoms with E-state index in [-0.39, 0.29) is 0 Å². The summed E-state index contributed by atoms with van der Waals surface area (Å²) in [6, 6.07) is 21.3. The Bertz CT molecular complexity index is 608. The van der Waals surface area contributed by atoms with Crippen LogP contribution in [-0.2, 0) is 13.0 Å². The zero-order valence-corrected chi connectivity index (χ0v) is 9.71. The van der Waals surface area contributed by atoms with Gasteiger partial charge in [-0.25, -0.2) is 0 Å². The molecular weight excluding hydrogens is 206 g/mol. The van der Waals surface area contributed by atoms with E-state index in [0.717, 1.165) is 13.0 Å². The number of rotatable bonds is 3. The van der Waals surface area contributed by atoms with E-state index in [4.69, 9.17) is 0 Å². The van der Waals surface area contributed by atoms with Gasteiger partial charge in [0.1, 0.15) is 0 Å². The minimum atomic E-state index is 1.04. The van der Waals surface area contributed by atoms with Gasteiger partial charge in [-0.05, 0) is 29.5 Å². The second-order valence-electron chi connectivity index (χ2n) is 4.30. The first-order valence-corrected chi connectivity index (χ1v) is 6.01. The van der Waals surface area contributed by atoms with Crippen LogP contribution < -0.4 is 0 Å². The molecule has 0 amide bonds. The largest absolute Gasteiger partial charge is 0.347 e. The molecule has 1 heteroatoms. The second-order valence-corrected chi connectivity index (χ2v) is 4.30. The molecule has 0 N–H and O–H groups in total. The lowest BCUT2D eigenvalue weighted by atomic mass is 10.1. The van der Waals surface area contributed by atoms with Crippen molar-refractivity contribution in [3.05, 3.63) is 72.4 Å². The van der Waals surface area contributed by atoms with Crippen molar-refractivity contribution < 1.29 is 0 Å². The van der Waals surface area contributed by atoms with E-state index in [1.54, 1.807) is 0 Å². The molecule has 0 unspecified atom stereocenters. The van der Waals surface area contributed by atoms with Crippen molar-refractivity contribution in [2.24, 2.45) is 0 Å². The highest BCUT2D eigenvalue weighted by Gasteiger charge is 1.99. The molecule has 3 aromatic rings. The molecule has 0 atom stereocenters. The molecule has 0 bridgehead atoms. The van der Waals surface area contributed by atoms with Crippen molar-refractivity contribution in [1.29, 1.82) is 0 Å². The fourth-order valence-electron chi connectivity index (χ4n) is 2.23. The fourth-order valence-corrected chi connectivity index (χ4v) is 2.23. The number of aryl methyl sites for hydroxylation is 2. The standard InChI is InChI=1S/C16H15N/c1-2-6-14(7-3-1)10-12-17-13-11-15-8-4-5-9-16(15)17/h1-9,11,13H,10,12H2. The van der Waals surface area contributed by atoms with Crippen molar-refractivity contribution in [2.75, 3.05) is 0 Å². The highest BCUT2D eigenvalue weighted by molar-refractivity contribution is 5.79. The van der Waals surface area contributed by atoms with Gasteiger partial charge in [0, 0.05) is 18.3 Å². The van der Waals surface area contributed by atoms with Crippen molar-refractivity contribution in [1.82, 2.24) is 4.57 Å². The van der Waals surface area contributed by atoms with Crippen LogP contribution in [0.4, 0.5) is 0 Å². The molecule has 2 aromatic carbocycles. The van der Waals surface area contributed by atoms with Crippen LogP contribution in [0.3, 0.4) is 0 Å². The lowest BCUT2D eigenvalue weighted by Gasteiger charge is -2.05. The van der Waals surface area contributed by atoms with Crippen molar-refractivity contribution in [3.8, 4) is 0 Å². The molecule has 0 radical (unpaired) electrons. The summed E-state index contributed by atoms with van der Waals surface area (Å²) in [5.41, 5.74) is 2.72. The molecule has 1 heterocycles. The maximum absolute atomic E-state index is 2.32. The Kier molecular flexibility index (Phi) is 2.66. The molecule has 1 aromatic heterocycles. The highest BCUT2D eigenvalue weighted by Crippen LogP contribution is 2.15.